The van der Waals surface area contributed by atoms with Crippen LogP contribution in [0.2, 0.25) is 0 Å². The van der Waals surface area contributed by atoms with Crippen LogP contribution < -0.4 is 22.1 Å². The number of hydrogen-bond donors (Lipinski definition) is 7. The van der Waals surface area contributed by atoms with E-state index in [0.717, 1.165) is 4.90 Å². The van der Waals surface area contributed by atoms with Crippen LogP contribution in [-0.2, 0) is 33.6 Å². The fourth-order valence-corrected chi connectivity index (χ4v) is 3.11. The van der Waals surface area contributed by atoms with Crippen LogP contribution in [0.1, 0.15) is 32.1 Å². The third-order valence-electron chi connectivity index (χ3n) is 4.58. The minimum Gasteiger partial charge on any atom is -0.481 e. The Morgan fingerprint density at radius 2 is 1.50 bits per heavy atom. The van der Waals surface area contributed by atoms with Gasteiger partial charge in [-0.15, -0.1) is 0 Å². The summed E-state index contributed by atoms with van der Waals surface area (Å²) < 4.78 is 0. The Morgan fingerprint density at radius 3 is 2.00 bits per heavy atom. The minimum atomic E-state index is -1.73. The number of rotatable bonds is 12. The number of carboxylic acid groups (broad SMARTS) is 3. The molecule has 0 spiro atoms. The second-order valence-corrected chi connectivity index (χ2v) is 7.12. The number of primary amides is 1. The van der Waals surface area contributed by atoms with Gasteiger partial charge in [0.25, 0.3) is 0 Å². The smallest absolute Gasteiger partial charge is 0.326 e. The van der Waals surface area contributed by atoms with Crippen molar-refractivity contribution in [3.63, 3.8) is 0 Å². The molecule has 1 aliphatic heterocycles. The van der Waals surface area contributed by atoms with Crippen molar-refractivity contribution >= 4 is 41.5 Å². The fraction of sp³-hybridized carbons (Fsp3) is 0.588. The Kier molecular flexibility index (Phi) is 9.52. The van der Waals surface area contributed by atoms with E-state index in [1.54, 1.807) is 0 Å². The number of carbonyl (C=O) groups excluding carboxylic acids is 4. The molecule has 0 aromatic heterocycles. The zero-order chi connectivity index (χ0) is 24.6. The third kappa shape index (κ3) is 7.82. The Bertz CT molecular complexity index is 801. The molecule has 0 aliphatic carbocycles. The molecule has 9 N–H and O–H groups in total. The van der Waals surface area contributed by atoms with Crippen LogP contribution in [0.15, 0.2) is 0 Å². The van der Waals surface area contributed by atoms with Gasteiger partial charge in [-0.3, -0.25) is 28.8 Å². The molecule has 0 aromatic rings. The summed E-state index contributed by atoms with van der Waals surface area (Å²) in [5.41, 5.74) is 10.6. The molecule has 4 unspecified atom stereocenters. The van der Waals surface area contributed by atoms with Gasteiger partial charge in [0, 0.05) is 6.54 Å². The van der Waals surface area contributed by atoms with Crippen molar-refractivity contribution < 1.29 is 48.9 Å². The maximum Gasteiger partial charge on any atom is 0.326 e. The van der Waals surface area contributed by atoms with Crippen LogP contribution in [0, 0.1) is 0 Å². The molecule has 1 aliphatic rings. The lowest BCUT2D eigenvalue weighted by molar-refractivity contribution is -0.148. The highest BCUT2D eigenvalue weighted by molar-refractivity contribution is 5.97. The van der Waals surface area contributed by atoms with Gasteiger partial charge in [0.2, 0.25) is 23.6 Å². The van der Waals surface area contributed by atoms with Crippen LogP contribution in [-0.4, -0.2) is 92.5 Å². The van der Waals surface area contributed by atoms with E-state index in [2.05, 4.69) is 10.6 Å². The molecule has 178 valence electrons. The molecule has 0 bridgehead atoms. The number of nitrogens with zero attached hydrogens (tertiary/aromatic N) is 1. The fourth-order valence-electron chi connectivity index (χ4n) is 3.11. The molecule has 4 atom stereocenters. The number of amides is 4. The Morgan fingerprint density at radius 1 is 0.906 bits per heavy atom. The van der Waals surface area contributed by atoms with E-state index in [1.165, 1.54) is 0 Å². The lowest BCUT2D eigenvalue weighted by Crippen LogP contribution is -2.57. The molecule has 1 heterocycles. The topological polar surface area (TPSA) is 260 Å². The van der Waals surface area contributed by atoms with Crippen LogP contribution >= 0.6 is 0 Å². The lowest BCUT2D eigenvalue weighted by atomic mass is 10.1. The molecule has 15 nitrogen and oxygen atoms in total. The number of nitrogens with one attached hydrogen (secondary N) is 2. The van der Waals surface area contributed by atoms with Gasteiger partial charge < -0.3 is 42.3 Å². The molecule has 32 heavy (non-hydrogen) atoms. The van der Waals surface area contributed by atoms with Gasteiger partial charge in [0.15, 0.2) is 0 Å². The second-order valence-electron chi connectivity index (χ2n) is 7.12. The van der Waals surface area contributed by atoms with E-state index in [-0.39, 0.29) is 13.0 Å². The SMILES string of the molecule is NC(=O)CC(NC(=O)C(N)CC(=O)O)C(=O)N1CCCC1C(=O)NC(CC(=O)O)C(=O)O. The van der Waals surface area contributed by atoms with Crippen molar-refractivity contribution in [2.24, 2.45) is 11.5 Å². The minimum absolute atomic E-state index is 0.0277. The van der Waals surface area contributed by atoms with Gasteiger partial charge in [0.05, 0.1) is 25.3 Å². The molecule has 1 saturated heterocycles. The number of carboxylic acids is 3. The van der Waals surface area contributed by atoms with E-state index >= 15 is 0 Å². The summed E-state index contributed by atoms with van der Waals surface area (Å²) in [6, 6.07) is -5.96. The number of nitrogens with two attached hydrogens (primary N) is 2. The van der Waals surface area contributed by atoms with Crippen LogP contribution in [0.25, 0.3) is 0 Å². The predicted octanol–water partition coefficient (Wildman–Crippen LogP) is -3.82. The molecule has 0 radical (unpaired) electrons. The molecule has 1 fully saturated rings. The van der Waals surface area contributed by atoms with Crippen molar-refractivity contribution in [2.45, 2.75) is 56.3 Å². The predicted molar refractivity (Wildman–Crippen MR) is 103 cm³/mol. The van der Waals surface area contributed by atoms with Crippen molar-refractivity contribution in [3.8, 4) is 0 Å². The first-order chi connectivity index (χ1) is 14.8. The number of hydrogen-bond acceptors (Lipinski definition) is 8. The normalized spacial score (nSPS) is 18.2. The van der Waals surface area contributed by atoms with Gasteiger partial charge in [-0.1, -0.05) is 0 Å². The first-order valence-electron chi connectivity index (χ1n) is 9.45. The number of carbonyl (C=O) groups is 7. The maximum absolute atomic E-state index is 12.9. The molecule has 1 rings (SSSR count). The van der Waals surface area contributed by atoms with E-state index in [0.29, 0.717) is 6.42 Å². The van der Waals surface area contributed by atoms with Crippen LogP contribution in [0.4, 0.5) is 0 Å². The monoisotopic (exact) mass is 459 g/mol. The first-order valence-corrected chi connectivity index (χ1v) is 9.45. The summed E-state index contributed by atoms with van der Waals surface area (Å²) in [6.45, 7) is 0.0277. The zero-order valence-corrected chi connectivity index (χ0v) is 16.9. The van der Waals surface area contributed by atoms with Crippen molar-refractivity contribution in [2.75, 3.05) is 6.54 Å². The van der Waals surface area contributed by atoms with E-state index < -0.39 is 85.0 Å². The van der Waals surface area contributed by atoms with Crippen LogP contribution in [0.3, 0.4) is 0 Å². The molecule has 15 heteroatoms. The summed E-state index contributed by atoms with van der Waals surface area (Å²) in [6.07, 6.45) is -1.84. The van der Waals surface area contributed by atoms with Crippen molar-refractivity contribution in [1.82, 2.24) is 15.5 Å². The third-order valence-corrected chi connectivity index (χ3v) is 4.58. The average Bonchev–Trinajstić information content (AvgIpc) is 3.14. The second kappa shape index (κ2) is 11.6. The lowest BCUT2D eigenvalue weighted by Gasteiger charge is -2.29. The van der Waals surface area contributed by atoms with Gasteiger partial charge in [0.1, 0.15) is 18.1 Å². The van der Waals surface area contributed by atoms with E-state index in [9.17, 15) is 33.6 Å². The highest BCUT2D eigenvalue weighted by Gasteiger charge is 2.39. The van der Waals surface area contributed by atoms with E-state index in [1.807, 2.05) is 0 Å². The Hall–Kier alpha value is -3.75. The van der Waals surface area contributed by atoms with Crippen molar-refractivity contribution in [1.29, 1.82) is 0 Å². The number of likely N-dealkylation sites (tertiary alicyclic amines) is 1. The quantitative estimate of drug-likeness (QED) is 0.149. The molecule has 0 aromatic carbocycles. The summed E-state index contributed by atoms with van der Waals surface area (Å²) in [4.78, 5) is 82.6. The van der Waals surface area contributed by atoms with Gasteiger partial charge in [-0.05, 0) is 12.8 Å². The van der Waals surface area contributed by atoms with E-state index in [4.69, 9.17) is 26.8 Å². The zero-order valence-electron chi connectivity index (χ0n) is 16.9. The highest BCUT2D eigenvalue weighted by Crippen LogP contribution is 2.20. The van der Waals surface area contributed by atoms with Crippen molar-refractivity contribution in [3.05, 3.63) is 0 Å². The first kappa shape index (κ1) is 26.3. The standard InChI is InChI=1S/C17H25N5O10/c18-7(4-12(24)25)14(28)20-8(5-11(19)23)16(30)22-3-1-2-10(22)15(29)21-9(17(31)32)6-13(26)27/h7-10H,1-6,18H2,(H2,19,23)(H,20,28)(H,21,29)(H,24,25)(H,26,27)(H,31,32). The highest BCUT2D eigenvalue weighted by atomic mass is 16.4. The number of aliphatic carboxylic acids is 3. The van der Waals surface area contributed by atoms with Crippen LogP contribution in [0.5, 0.6) is 0 Å². The average molecular weight is 459 g/mol. The summed E-state index contributed by atoms with van der Waals surface area (Å²) in [5, 5.41) is 30.8. The maximum atomic E-state index is 12.9. The van der Waals surface area contributed by atoms with Gasteiger partial charge in [-0.25, -0.2) is 4.79 Å². The van der Waals surface area contributed by atoms with Gasteiger partial charge >= 0.3 is 17.9 Å². The van der Waals surface area contributed by atoms with Gasteiger partial charge in [-0.2, -0.15) is 0 Å². The molecular formula is C17H25N5O10. The Labute approximate surface area is 181 Å². The molecule has 4 amide bonds. The summed E-state index contributed by atoms with van der Waals surface area (Å²) in [5.74, 6) is -8.21. The Balaban J connectivity index is 2.97. The largest absolute Gasteiger partial charge is 0.481 e. The summed E-state index contributed by atoms with van der Waals surface area (Å²) in [7, 11) is 0. The molecular weight excluding hydrogens is 434 g/mol. The molecule has 0 saturated carbocycles. The summed E-state index contributed by atoms with van der Waals surface area (Å²) >= 11 is 0.